The van der Waals surface area contributed by atoms with E-state index in [1.54, 1.807) is 6.20 Å². The molecule has 1 atom stereocenters. The quantitative estimate of drug-likeness (QED) is 0.389. The lowest BCUT2D eigenvalue weighted by molar-refractivity contribution is -0.139. The van der Waals surface area contributed by atoms with Crippen LogP contribution in [0.5, 0.6) is 0 Å². The first kappa shape index (κ1) is 19.9. The zero-order valence-corrected chi connectivity index (χ0v) is 17.2. The molecule has 6 heteroatoms. The van der Waals surface area contributed by atoms with Gasteiger partial charge in [-0.3, -0.25) is 0 Å². The number of fused-ring (bicyclic) bond motifs is 4. The Labute approximate surface area is 184 Å². The fourth-order valence-electron chi connectivity index (χ4n) is 4.50. The molecule has 0 unspecified atom stereocenters. The number of aliphatic carboxylic acids is 1. The molecule has 1 aliphatic rings. The Kier molecular flexibility index (Phi) is 5.11. The first-order chi connectivity index (χ1) is 15.6. The van der Waals surface area contributed by atoms with Crippen molar-refractivity contribution in [3.8, 4) is 11.1 Å². The SMILES string of the molecule is O=C([15NH][C@@H](Cc1c[nH]c2ccccc12)C(=O)O)OCC1c2ccccc2-c2ccccc21. The largest absolute Gasteiger partial charge is 0.480 e. The molecule has 1 amide bonds. The van der Waals surface area contributed by atoms with E-state index in [4.69, 9.17) is 4.74 Å². The van der Waals surface area contributed by atoms with E-state index in [1.807, 2.05) is 60.7 Å². The molecule has 160 valence electrons. The third-order valence-electron chi connectivity index (χ3n) is 6.03. The summed E-state index contributed by atoms with van der Waals surface area (Å²) >= 11 is 0. The van der Waals surface area contributed by atoms with Gasteiger partial charge in [0.2, 0.25) is 0 Å². The van der Waals surface area contributed by atoms with Crippen LogP contribution in [0.3, 0.4) is 0 Å². The van der Waals surface area contributed by atoms with Crippen molar-refractivity contribution < 1.29 is 19.4 Å². The van der Waals surface area contributed by atoms with Crippen LogP contribution < -0.4 is 5.32 Å². The predicted molar refractivity (Wildman–Crippen MR) is 122 cm³/mol. The summed E-state index contributed by atoms with van der Waals surface area (Å²) in [6.07, 6.45) is 1.20. The minimum absolute atomic E-state index is 0.0787. The van der Waals surface area contributed by atoms with E-state index >= 15 is 0 Å². The zero-order valence-electron chi connectivity index (χ0n) is 17.2. The lowest BCUT2D eigenvalue weighted by atomic mass is 9.98. The summed E-state index contributed by atoms with van der Waals surface area (Å²) in [5, 5.41) is 13.1. The zero-order chi connectivity index (χ0) is 22.1. The van der Waals surface area contributed by atoms with E-state index in [9.17, 15) is 14.7 Å². The lowest BCUT2D eigenvalue weighted by Gasteiger charge is -2.17. The minimum atomic E-state index is -1.11. The van der Waals surface area contributed by atoms with Crippen molar-refractivity contribution >= 4 is 23.0 Å². The number of benzene rings is 3. The number of ether oxygens (including phenoxy) is 1. The Bertz CT molecular complexity index is 1260. The summed E-state index contributed by atoms with van der Waals surface area (Å²) in [6.45, 7) is 0.138. The number of carboxylic acids is 1. The third-order valence-corrected chi connectivity index (χ3v) is 6.03. The monoisotopic (exact) mass is 427 g/mol. The van der Waals surface area contributed by atoms with Crippen LogP contribution in [0, 0.1) is 0 Å². The second-order valence-corrected chi connectivity index (χ2v) is 7.92. The van der Waals surface area contributed by atoms with Crippen molar-refractivity contribution in [1.29, 1.82) is 0 Å². The summed E-state index contributed by atoms with van der Waals surface area (Å²) in [5.41, 5.74) is 6.24. The highest BCUT2D eigenvalue weighted by molar-refractivity contribution is 5.85. The lowest BCUT2D eigenvalue weighted by Crippen LogP contribution is -2.42. The van der Waals surface area contributed by atoms with Gasteiger partial charge in [0, 0.05) is 29.4 Å². The highest BCUT2D eigenvalue weighted by Gasteiger charge is 2.30. The minimum Gasteiger partial charge on any atom is -0.480 e. The van der Waals surface area contributed by atoms with E-state index in [2.05, 4.69) is 22.4 Å². The topological polar surface area (TPSA) is 91.4 Å². The number of hydrogen-bond acceptors (Lipinski definition) is 3. The average molecular weight is 427 g/mol. The molecule has 6 nitrogen and oxygen atoms in total. The van der Waals surface area contributed by atoms with Gasteiger partial charge in [0.15, 0.2) is 0 Å². The molecule has 0 aliphatic heterocycles. The van der Waals surface area contributed by atoms with Crippen LogP contribution in [0.2, 0.25) is 0 Å². The number of nitrogens with one attached hydrogen (secondary N) is 2. The first-order valence-corrected chi connectivity index (χ1v) is 10.5. The summed E-state index contributed by atoms with van der Waals surface area (Å²) < 4.78 is 5.51. The first-order valence-electron chi connectivity index (χ1n) is 10.5. The number of rotatable bonds is 6. The summed E-state index contributed by atoms with van der Waals surface area (Å²) in [5.74, 6) is -1.19. The van der Waals surface area contributed by atoms with Crippen LogP contribution in [0.15, 0.2) is 79.0 Å². The van der Waals surface area contributed by atoms with Crippen LogP contribution in [-0.2, 0) is 16.0 Å². The van der Waals surface area contributed by atoms with Crippen LogP contribution in [0.25, 0.3) is 22.0 Å². The molecule has 0 spiro atoms. The molecule has 3 aromatic carbocycles. The molecule has 0 saturated heterocycles. The Morgan fingerprint density at radius 3 is 2.25 bits per heavy atom. The number of carboxylic acid groups (broad SMARTS) is 1. The number of hydrogen-bond donors (Lipinski definition) is 3. The van der Waals surface area contributed by atoms with Crippen LogP contribution in [0.1, 0.15) is 22.6 Å². The van der Waals surface area contributed by atoms with E-state index in [0.29, 0.717) is 0 Å². The van der Waals surface area contributed by atoms with E-state index in [1.165, 1.54) is 0 Å². The number of amides is 1. The number of carbonyl (C=O) groups excluding carboxylic acids is 1. The smallest absolute Gasteiger partial charge is 0.407 e. The van der Waals surface area contributed by atoms with E-state index < -0.39 is 18.1 Å². The van der Waals surface area contributed by atoms with Gasteiger partial charge in [-0.05, 0) is 33.9 Å². The second kappa shape index (κ2) is 8.23. The number of alkyl carbamates (subject to hydrolysis) is 1. The van der Waals surface area contributed by atoms with E-state index in [0.717, 1.165) is 38.7 Å². The van der Waals surface area contributed by atoms with Gasteiger partial charge >= 0.3 is 12.1 Å². The Balaban J connectivity index is 1.28. The molecular weight excluding hydrogens is 405 g/mol. The molecule has 5 rings (SSSR count). The van der Waals surface area contributed by atoms with Crippen molar-refractivity contribution in [1.82, 2.24) is 10.3 Å². The normalized spacial score (nSPS) is 13.4. The van der Waals surface area contributed by atoms with Crippen molar-refractivity contribution in [3.05, 3.63) is 95.7 Å². The predicted octanol–water partition coefficient (Wildman–Crippen LogP) is 4.70. The summed E-state index contributed by atoms with van der Waals surface area (Å²) in [4.78, 5) is 27.5. The Morgan fingerprint density at radius 2 is 1.56 bits per heavy atom. The van der Waals surface area contributed by atoms with Crippen LogP contribution in [0.4, 0.5) is 4.79 Å². The van der Waals surface area contributed by atoms with E-state index in [-0.39, 0.29) is 18.9 Å². The van der Waals surface area contributed by atoms with Gasteiger partial charge in [0.25, 0.3) is 0 Å². The molecule has 0 fully saturated rings. The second-order valence-electron chi connectivity index (χ2n) is 7.92. The molecule has 1 heterocycles. The molecule has 1 aromatic heterocycles. The Morgan fingerprint density at radius 1 is 0.938 bits per heavy atom. The van der Waals surface area contributed by atoms with Gasteiger partial charge in [-0.1, -0.05) is 66.7 Å². The molecule has 4 aromatic rings. The van der Waals surface area contributed by atoms with Crippen molar-refractivity contribution in [2.24, 2.45) is 0 Å². The van der Waals surface area contributed by atoms with Gasteiger partial charge in [0.05, 0.1) is 0 Å². The summed E-state index contributed by atoms with van der Waals surface area (Å²) in [7, 11) is 0. The maximum atomic E-state index is 12.5. The molecule has 0 bridgehead atoms. The average Bonchev–Trinajstić information content (AvgIpc) is 3.36. The standard InChI is InChI=1S/C26H22N2O4/c29-25(30)24(13-16-14-27-23-12-6-5-7-17(16)23)28-26(31)32-15-22-20-10-3-1-8-18(20)19-9-2-4-11-21(19)22/h1-12,14,22,24,27H,13,15H2,(H,28,31)(H,29,30)/t24-/m0/s1/i28+1. The maximum absolute atomic E-state index is 12.5. The van der Waals surface area contributed by atoms with Crippen molar-refractivity contribution in [2.45, 2.75) is 18.4 Å². The van der Waals surface area contributed by atoms with Crippen LogP contribution in [-0.4, -0.2) is 34.8 Å². The highest BCUT2D eigenvalue weighted by atomic mass is 16.6. The highest BCUT2D eigenvalue weighted by Crippen LogP contribution is 2.44. The number of para-hydroxylation sites is 1. The van der Waals surface area contributed by atoms with Gasteiger partial charge in [-0.15, -0.1) is 0 Å². The van der Waals surface area contributed by atoms with Gasteiger partial charge < -0.3 is 20.1 Å². The maximum Gasteiger partial charge on any atom is 0.407 e. The fraction of sp³-hybridized carbons (Fsp3) is 0.154. The Hall–Kier alpha value is -4.06. The van der Waals surface area contributed by atoms with Gasteiger partial charge in [-0.25, -0.2) is 9.59 Å². The molecule has 0 radical (unpaired) electrons. The van der Waals surface area contributed by atoms with Gasteiger partial charge in [-0.2, -0.15) is 0 Å². The molecule has 32 heavy (non-hydrogen) atoms. The number of H-pyrrole nitrogens is 1. The molecule has 0 saturated carbocycles. The van der Waals surface area contributed by atoms with Crippen molar-refractivity contribution in [2.75, 3.05) is 6.61 Å². The fourth-order valence-corrected chi connectivity index (χ4v) is 4.50. The van der Waals surface area contributed by atoms with Crippen molar-refractivity contribution in [3.63, 3.8) is 0 Å². The van der Waals surface area contributed by atoms with Gasteiger partial charge in [0.1, 0.15) is 12.6 Å². The number of aromatic nitrogens is 1. The molecule has 1 aliphatic carbocycles. The van der Waals surface area contributed by atoms with Crippen LogP contribution >= 0.6 is 0 Å². The molecule has 3 N–H and O–H groups in total. The molecular formula is C26H22N2O4. The number of aromatic amines is 1. The summed E-state index contributed by atoms with van der Waals surface area (Å²) in [6, 6.07) is 22.7. The number of carbonyl (C=O) groups is 2. The third kappa shape index (κ3) is 3.60.